The van der Waals surface area contributed by atoms with Crippen molar-refractivity contribution >= 4 is 0 Å². The maximum atomic E-state index is 6.54. The molecule has 1 aromatic heterocycles. The third kappa shape index (κ3) is 0.635. The summed E-state index contributed by atoms with van der Waals surface area (Å²) in [6, 6.07) is 5.64. The highest BCUT2D eigenvalue weighted by atomic mass is 14.9. The number of hydrogen-bond donors (Lipinski definition) is 0. The van der Waals surface area contributed by atoms with Crippen LogP contribution >= 0.6 is 0 Å². The second-order valence-electron chi connectivity index (χ2n) is 1.12. The van der Waals surface area contributed by atoms with Gasteiger partial charge < -0.3 is 0 Å². The van der Waals surface area contributed by atoms with Crippen LogP contribution in [0.2, 0.25) is 0 Å². The van der Waals surface area contributed by atoms with Gasteiger partial charge in [0.05, 0.1) is 6.20 Å². The summed E-state index contributed by atoms with van der Waals surface area (Å²) >= 11 is 0. The van der Waals surface area contributed by atoms with E-state index < -0.39 is 0 Å². The van der Waals surface area contributed by atoms with Gasteiger partial charge in [-0.15, -0.1) is 0 Å². The second-order valence-corrected chi connectivity index (χ2v) is 1.12. The fourth-order valence-electron chi connectivity index (χ4n) is 0.365. The minimum absolute atomic E-state index is 1.42. The molecule has 0 bridgehead atoms. The Bertz CT molecular complexity index is 167. The van der Waals surface area contributed by atoms with Crippen LogP contribution in [0, 0.1) is 18.7 Å². The van der Waals surface area contributed by atoms with Crippen molar-refractivity contribution in [2.45, 2.75) is 0 Å². The van der Waals surface area contributed by atoms with E-state index in [9.17, 15) is 0 Å². The van der Waals surface area contributed by atoms with Crippen LogP contribution in [0.1, 0.15) is 0 Å². The third-order valence-corrected chi connectivity index (χ3v) is 0.665. The van der Waals surface area contributed by atoms with E-state index in [0.29, 0.717) is 0 Å². The molecule has 1 heteroatoms. The summed E-state index contributed by atoms with van der Waals surface area (Å²) in [6.07, 6.45) is 10.9. The predicted molar refractivity (Wildman–Crippen MR) is 25.8 cm³/mol. The number of rotatable bonds is 0. The van der Waals surface area contributed by atoms with E-state index in [-0.39, 0.29) is 0 Å². The van der Waals surface area contributed by atoms with Crippen LogP contribution in [0.4, 0.5) is 0 Å². The van der Waals surface area contributed by atoms with Crippen molar-refractivity contribution in [3.63, 3.8) is 0 Å². The summed E-state index contributed by atoms with van der Waals surface area (Å²) in [6.45, 7) is 0. The lowest BCUT2D eigenvalue weighted by atomic mass is 10.7. The van der Waals surface area contributed by atoms with E-state index in [1.54, 1.807) is 18.3 Å². The van der Waals surface area contributed by atoms with E-state index in [0.717, 1.165) is 0 Å². The van der Waals surface area contributed by atoms with Gasteiger partial charge in [0.15, 0.2) is 0 Å². The minimum Gasteiger partial charge on any atom is -0.274 e. The van der Waals surface area contributed by atoms with Crippen LogP contribution in [0.25, 0.3) is 0 Å². The van der Waals surface area contributed by atoms with Gasteiger partial charge in [0.1, 0.15) is 0 Å². The molecule has 0 aliphatic rings. The molecular weight excluding hydrogens is 86.1 g/mol. The molecule has 1 rings (SSSR count). The van der Waals surface area contributed by atoms with Gasteiger partial charge in [-0.1, -0.05) is 0 Å². The first kappa shape index (κ1) is 4.01. The van der Waals surface area contributed by atoms with Crippen LogP contribution in [0.5, 0.6) is 0 Å². The SMILES string of the molecule is [C]#Cn1[c]ccc1. The Morgan fingerprint density at radius 2 is 2.57 bits per heavy atom. The molecule has 2 radical (unpaired) electrons. The van der Waals surface area contributed by atoms with Gasteiger partial charge in [-0.2, -0.15) is 0 Å². The fourth-order valence-corrected chi connectivity index (χ4v) is 0.365. The van der Waals surface area contributed by atoms with Gasteiger partial charge in [0, 0.05) is 18.7 Å². The van der Waals surface area contributed by atoms with Crippen molar-refractivity contribution < 1.29 is 0 Å². The quantitative estimate of drug-likeness (QED) is 0.412. The lowest BCUT2D eigenvalue weighted by molar-refractivity contribution is 1.13. The largest absolute Gasteiger partial charge is 0.274 e. The van der Waals surface area contributed by atoms with Gasteiger partial charge in [-0.25, -0.2) is 0 Å². The zero-order valence-electron chi connectivity index (χ0n) is 3.68. The van der Waals surface area contributed by atoms with Crippen molar-refractivity contribution in [3.05, 3.63) is 30.9 Å². The lowest BCUT2D eigenvalue weighted by Gasteiger charge is -1.76. The highest BCUT2D eigenvalue weighted by molar-refractivity contribution is 4.96. The molecule has 1 aromatic rings. The van der Waals surface area contributed by atoms with E-state index >= 15 is 0 Å². The standard InChI is InChI=1S/C6H3N/c1-2-7-5-3-4-6-7/h3-5H. The maximum absolute atomic E-state index is 6.54. The van der Waals surface area contributed by atoms with Gasteiger partial charge in [-0.3, -0.25) is 4.57 Å². The van der Waals surface area contributed by atoms with Crippen molar-refractivity contribution in [1.29, 1.82) is 0 Å². The third-order valence-electron chi connectivity index (χ3n) is 0.665. The van der Waals surface area contributed by atoms with Crippen LogP contribution < -0.4 is 0 Å². The molecule has 0 amide bonds. The Balaban J connectivity index is 3.04. The molecule has 0 unspecified atom stereocenters. The Hall–Kier alpha value is -1.16. The molecule has 0 fully saturated rings. The summed E-state index contributed by atoms with van der Waals surface area (Å²) < 4.78 is 1.42. The molecule has 0 atom stereocenters. The van der Waals surface area contributed by atoms with Crippen LogP contribution in [0.3, 0.4) is 0 Å². The molecule has 32 valence electrons. The summed E-state index contributed by atoms with van der Waals surface area (Å²) in [7, 11) is 0. The smallest absolute Gasteiger partial charge is 0.0786 e. The first-order chi connectivity index (χ1) is 3.43. The maximum Gasteiger partial charge on any atom is 0.0786 e. The molecule has 1 heterocycles. The van der Waals surface area contributed by atoms with Crippen molar-refractivity contribution in [3.8, 4) is 6.04 Å². The minimum atomic E-state index is 1.42. The molecule has 0 saturated carbocycles. The van der Waals surface area contributed by atoms with Crippen LogP contribution in [-0.2, 0) is 0 Å². The topological polar surface area (TPSA) is 4.93 Å². The van der Waals surface area contributed by atoms with E-state index in [4.69, 9.17) is 6.42 Å². The average molecular weight is 89.1 g/mol. The van der Waals surface area contributed by atoms with E-state index in [1.165, 1.54) is 4.57 Å². The van der Waals surface area contributed by atoms with Crippen molar-refractivity contribution in [2.24, 2.45) is 0 Å². The molecular formula is C6H3N. The van der Waals surface area contributed by atoms with Gasteiger partial charge in [0.2, 0.25) is 0 Å². The molecule has 0 saturated heterocycles. The molecule has 0 N–H and O–H groups in total. The van der Waals surface area contributed by atoms with Gasteiger partial charge in [-0.05, 0) is 12.1 Å². The van der Waals surface area contributed by atoms with Gasteiger partial charge >= 0.3 is 0 Å². The number of aromatic nitrogens is 1. The molecule has 0 aliphatic heterocycles. The Morgan fingerprint density at radius 1 is 1.71 bits per heavy atom. The Morgan fingerprint density at radius 3 is 2.86 bits per heavy atom. The predicted octanol–water partition coefficient (Wildman–Crippen LogP) is 0.684. The highest BCUT2D eigenvalue weighted by Gasteiger charge is 1.74. The lowest BCUT2D eigenvalue weighted by Crippen LogP contribution is -1.77. The Labute approximate surface area is 42.6 Å². The number of nitrogens with zero attached hydrogens (tertiary/aromatic N) is 1. The fraction of sp³-hybridized carbons (Fsp3) is 0. The zero-order valence-corrected chi connectivity index (χ0v) is 3.68. The molecule has 0 spiro atoms. The Kier molecular flexibility index (Phi) is 0.874. The summed E-state index contributed by atoms with van der Waals surface area (Å²) in [5.41, 5.74) is 0. The molecule has 7 heavy (non-hydrogen) atoms. The van der Waals surface area contributed by atoms with E-state index in [2.05, 4.69) is 12.2 Å². The molecule has 0 aromatic carbocycles. The number of hydrogen-bond acceptors (Lipinski definition) is 0. The average Bonchev–Trinajstić information content (AvgIpc) is 2.14. The monoisotopic (exact) mass is 89.0 g/mol. The highest BCUT2D eigenvalue weighted by Crippen LogP contribution is 1.81. The van der Waals surface area contributed by atoms with Crippen LogP contribution in [0.15, 0.2) is 18.3 Å². The van der Waals surface area contributed by atoms with E-state index in [1.807, 2.05) is 0 Å². The summed E-state index contributed by atoms with van der Waals surface area (Å²) in [5.74, 6) is 0. The summed E-state index contributed by atoms with van der Waals surface area (Å²) in [5, 5.41) is 0. The normalized spacial score (nSPS) is 7.86. The zero-order chi connectivity index (χ0) is 5.11. The van der Waals surface area contributed by atoms with Crippen LogP contribution in [-0.4, -0.2) is 4.57 Å². The van der Waals surface area contributed by atoms with Crippen molar-refractivity contribution in [2.75, 3.05) is 0 Å². The second kappa shape index (κ2) is 1.53. The van der Waals surface area contributed by atoms with Gasteiger partial charge in [0.25, 0.3) is 0 Å². The molecule has 1 nitrogen and oxygen atoms in total. The first-order valence-corrected chi connectivity index (χ1v) is 1.91. The van der Waals surface area contributed by atoms with Crippen molar-refractivity contribution in [1.82, 2.24) is 4.57 Å². The molecule has 0 aliphatic carbocycles. The first-order valence-electron chi connectivity index (χ1n) is 1.91. The summed E-state index contributed by atoms with van der Waals surface area (Å²) in [4.78, 5) is 0.